The van der Waals surface area contributed by atoms with Gasteiger partial charge in [0.05, 0.1) is 12.7 Å². The van der Waals surface area contributed by atoms with Crippen LogP contribution in [0.4, 0.5) is 4.39 Å². The normalized spacial score (nSPS) is 17.3. The zero-order chi connectivity index (χ0) is 12.6. The second kappa shape index (κ2) is 4.30. The first-order valence-electron chi connectivity index (χ1n) is 6.04. The summed E-state index contributed by atoms with van der Waals surface area (Å²) in [5.41, 5.74) is 1.00. The Morgan fingerprint density at radius 3 is 2.53 bits per heavy atom. The van der Waals surface area contributed by atoms with Crippen molar-refractivity contribution in [3.63, 3.8) is 0 Å². The molecule has 0 radical (unpaired) electrons. The predicted molar refractivity (Wildman–Crippen MR) is 64.9 cm³/mol. The molecule has 0 saturated heterocycles. The highest BCUT2D eigenvalue weighted by atomic mass is 19.1. The molecule has 0 aromatic heterocycles. The number of rotatable bonds is 4. The van der Waals surface area contributed by atoms with Crippen molar-refractivity contribution in [3.05, 3.63) is 29.1 Å². The van der Waals surface area contributed by atoms with Gasteiger partial charge in [-0.1, -0.05) is 13.8 Å². The highest BCUT2D eigenvalue weighted by molar-refractivity contribution is 5.41. The molecule has 1 aliphatic rings. The molecule has 1 aromatic rings. The van der Waals surface area contributed by atoms with Crippen LogP contribution in [-0.4, -0.2) is 17.8 Å². The SMILES string of the molecule is COc1cc(F)c(C(C)C)cc1CC1(O)CC1. The van der Waals surface area contributed by atoms with E-state index in [-0.39, 0.29) is 11.7 Å². The zero-order valence-electron chi connectivity index (χ0n) is 10.6. The van der Waals surface area contributed by atoms with Crippen molar-refractivity contribution < 1.29 is 14.2 Å². The second-order valence-electron chi connectivity index (χ2n) is 5.24. The summed E-state index contributed by atoms with van der Waals surface area (Å²) in [6.07, 6.45) is 2.20. The van der Waals surface area contributed by atoms with Gasteiger partial charge in [0, 0.05) is 12.5 Å². The van der Waals surface area contributed by atoms with Crippen LogP contribution >= 0.6 is 0 Å². The monoisotopic (exact) mass is 238 g/mol. The Hall–Kier alpha value is -1.09. The van der Waals surface area contributed by atoms with E-state index in [4.69, 9.17) is 4.74 Å². The van der Waals surface area contributed by atoms with Gasteiger partial charge in [0.2, 0.25) is 0 Å². The molecule has 0 amide bonds. The molecule has 3 heteroatoms. The Kier molecular flexibility index (Phi) is 3.13. The molecule has 1 aromatic carbocycles. The van der Waals surface area contributed by atoms with Crippen LogP contribution in [0.25, 0.3) is 0 Å². The van der Waals surface area contributed by atoms with E-state index in [1.807, 2.05) is 19.9 Å². The number of ether oxygens (including phenoxy) is 1. The van der Waals surface area contributed by atoms with Crippen molar-refractivity contribution in [2.24, 2.45) is 0 Å². The number of hydrogen-bond acceptors (Lipinski definition) is 2. The maximum absolute atomic E-state index is 13.8. The minimum Gasteiger partial charge on any atom is -0.496 e. The summed E-state index contributed by atoms with van der Waals surface area (Å²) in [5.74, 6) is 0.434. The van der Waals surface area contributed by atoms with Crippen molar-refractivity contribution >= 4 is 0 Å². The van der Waals surface area contributed by atoms with Crippen LogP contribution in [0.1, 0.15) is 43.7 Å². The molecule has 2 rings (SSSR count). The van der Waals surface area contributed by atoms with Crippen LogP contribution in [0, 0.1) is 5.82 Å². The summed E-state index contributed by atoms with van der Waals surface area (Å²) in [6, 6.07) is 3.26. The summed E-state index contributed by atoms with van der Waals surface area (Å²) in [4.78, 5) is 0. The molecule has 94 valence electrons. The Bertz CT molecular complexity index is 422. The van der Waals surface area contributed by atoms with Crippen molar-refractivity contribution in [2.45, 2.75) is 44.6 Å². The van der Waals surface area contributed by atoms with E-state index in [0.29, 0.717) is 17.7 Å². The van der Waals surface area contributed by atoms with Gasteiger partial charge in [-0.3, -0.25) is 0 Å². The zero-order valence-corrected chi connectivity index (χ0v) is 10.6. The van der Waals surface area contributed by atoms with Gasteiger partial charge in [-0.2, -0.15) is 0 Å². The molecule has 1 fully saturated rings. The summed E-state index contributed by atoms with van der Waals surface area (Å²) in [5, 5.41) is 9.95. The molecule has 1 saturated carbocycles. The molecule has 0 unspecified atom stereocenters. The van der Waals surface area contributed by atoms with Gasteiger partial charge in [0.25, 0.3) is 0 Å². The quantitative estimate of drug-likeness (QED) is 0.873. The van der Waals surface area contributed by atoms with Gasteiger partial charge >= 0.3 is 0 Å². The highest BCUT2D eigenvalue weighted by Gasteiger charge is 2.41. The van der Waals surface area contributed by atoms with Crippen LogP contribution in [-0.2, 0) is 6.42 Å². The van der Waals surface area contributed by atoms with Gasteiger partial charge in [0.1, 0.15) is 11.6 Å². The molecule has 1 N–H and O–H groups in total. The molecule has 0 heterocycles. The van der Waals surface area contributed by atoms with E-state index in [9.17, 15) is 9.50 Å². The van der Waals surface area contributed by atoms with Crippen molar-refractivity contribution in [1.82, 2.24) is 0 Å². The maximum atomic E-state index is 13.8. The lowest BCUT2D eigenvalue weighted by Crippen LogP contribution is -2.12. The van der Waals surface area contributed by atoms with Gasteiger partial charge in [-0.25, -0.2) is 4.39 Å². The minimum absolute atomic E-state index is 0.133. The van der Waals surface area contributed by atoms with Crippen LogP contribution in [0.3, 0.4) is 0 Å². The van der Waals surface area contributed by atoms with Crippen LogP contribution in [0.5, 0.6) is 5.75 Å². The summed E-state index contributed by atoms with van der Waals surface area (Å²) < 4.78 is 19.0. The Labute approximate surface area is 101 Å². The van der Waals surface area contributed by atoms with E-state index < -0.39 is 5.60 Å². The number of aliphatic hydroxyl groups is 1. The van der Waals surface area contributed by atoms with E-state index in [2.05, 4.69) is 0 Å². The van der Waals surface area contributed by atoms with Crippen LogP contribution in [0.15, 0.2) is 12.1 Å². The third-order valence-electron chi connectivity index (χ3n) is 3.37. The molecular weight excluding hydrogens is 219 g/mol. The third-order valence-corrected chi connectivity index (χ3v) is 3.37. The minimum atomic E-state index is -0.584. The van der Waals surface area contributed by atoms with E-state index >= 15 is 0 Å². The van der Waals surface area contributed by atoms with Gasteiger partial charge < -0.3 is 9.84 Å². The first kappa shape index (κ1) is 12.4. The maximum Gasteiger partial charge on any atom is 0.130 e. The summed E-state index contributed by atoms with van der Waals surface area (Å²) in [6.45, 7) is 3.92. The number of halogens is 1. The lowest BCUT2D eigenvalue weighted by atomic mass is 9.96. The smallest absolute Gasteiger partial charge is 0.130 e. The van der Waals surface area contributed by atoms with E-state index in [1.165, 1.54) is 13.2 Å². The molecule has 0 bridgehead atoms. The fraction of sp³-hybridized carbons (Fsp3) is 0.571. The van der Waals surface area contributed by atoms with Crippen molar-refractivity contribution in [1.29, 1.82) is 0 Å². The van der Waals surface area contributed by atoms with Gasteiger partial charge in [0.15, 0.2) is 0 Å². The van der Waals surface area contributed by atoms with Crippen LogP contribution in [0.2, 0.25) is 0 Å². The Morgan fingerprint density at radius 2 is 2.06 bits per heavy atom. The standard InChI is InChI=1S/C14H19FO2/c1-9(2)11-6-10(8-14(16)4-5-14)13(17-3)7-12(11)15/h6-7,9,16H,4-5,8H2,1-3H3. The average molecular weight is 238 g/mol. The van der Waals surface area contributed by atoms with Crippen LogP contribution < -0.4 is 4.74 Å². The lowest BCUT2D eigenvalue weighted by molar-refractivity contribution is 0.150. The summed E-state index contributed by atoms with van der Waals surface area (Å²) >= 11 is 0. The fourth-order valence-corrected chi connectivity index (χ4v) is 2.07. The van der Waals surface area contributed by atoms with Crippen molar-refractivity contribution in [2.75, 3.05) is 7.11 Å². The van der Waals surface area contributed by atoms with Gasteiger partial charge in [-0.15, -0.1) is 0 Å². The highest BCUT2D eigenvalue weighted by Crippen LogP contribution is 2.41. The summed E-state index contributed by atoms with van der Waals surface area (Å²) in [7, 11) is 1.53. The number of benzene rings is 1. The molecule has 0 atom stereocenters. The third kappa shape index (κ3) is 2.60. The molecule has 17 heavy (non-hydrogen) atoms. The largest absolute Gasteiger partial charge is 0.496 e. The van der Waals surface area contributed by atoms with Crippen molar-refractivity contribution in [3.8, 4) is 5.75 Å². The number of methoxy groups -OCH3 is 1. The fourth-order valence-electron chi connectivity index (χ4n) is 2.07. The predicted octanol–water partition coefficient (Wildman–Crippen LogP) is 3.03. The molecule has 0 spiro atoms. The average Bonchev–Trinajstić information content (AvgIpc) is 2.98. The second-order valence-corrected chi connectivity index (χ2v) is 5.24. The Balaban J connectivity index is 2.37. The molecule has 0 aliphatic heterocycles. The van der Waals surface area contributed by atoms with Gasteiger partial charge in [-0.05, 0) is 36.0 Å². The molecular formula is C14H19FO2. The first-order chi connectivity index (χ1) is 7.95. The topological polar surface area (TPSA) is 29.5 Å². The molecule has 1 aliphatic carbocycles. The lowest BCUT2D eigenvalue weighted by Gasteiger charge is -2.16. The van der Waals surface area contributed by atoms with E-state index in [1.54, 1.807) is 0 Å². The number of hydrogen-bond donors (Lipinski definition) is 1. The Morgan fingerprint density at radius 1 is 1.41 bits per heavy atom. The molecule has 2 nitrogen and oxygen atoms in total. The van der Waals surface area contributed by atoms with E-state index in [0.717, 1.165) is 18.4 Å². The first-order valence-corrected chi connectivity index (χ1v) is 6.04.